The summed E-state index contributed by atoms with van der Waals surface area (Å²) in [5.41, 5.74) is 2.62. The lowest BCUT2D eigenvalue weighted by atomic mass is 9.80. The van der Waals surface area contributed by atoms with Crippen molar-refractivity contribution in [2.75, 3.05) is 20.6 Å². The van der Waals surface area contributed by atoms with Gasteiger partial charge < -0.3 is 10.2 Å². The van der Waals surface area contributed by atoms with Crippen molar-refractivity contribution in [3.8, 4) is 0 Å². The molecule has 0 radical (unpaired) electrons. The molecule has 4 nitrogen and oxygen atoms in total. The maximum atomic E-state index is 4.77. The van der Waals surface area contributed by atoms with Gasteiger partial charge in [-0.3, -0.25) is 4.68 Å². The fraction of sp³-hybridized carbons (Fsp3) is 0.842. The van der Waals surface area contributed by atoms with Gasteiger partial charge in [-0.2, -0.15) is 5.10 Å². The van der Waals surface area contributed by atoms with E-state index in [-0.39, 0.29) is 0 Å². The fourth-order valence-electron chi connectivity index (χ4n) is 4.62. The van der Waals surface area contributed by atoms with E-state index in [9.17, 15) is 0 Å². The van der Waals surface area contributed by atoms with Crippen LogP contribution in [0.2, 0.25) is 0 Å². The fourth-order valence-corrected chi connectivity index (χ4v) is 4.62. The van der Waals surface area contributed by atoms with Crippen LogP contribution in [0.1, 0.15) is 68.7 Å². The second-order valence-corrected chi connectivity index (χ2v) is 7.81. The summed E-state index contributed by atoms with van der Waals surface area (Å²) in [5, 5.41) is 8.00. The normalized spacial score (nSPS) is 26.3. The first kappa shape index (κ1) is 17.0. The van der Waals surface area contributed by atoms with E-state index < -0.39 is 0 Å². The van der Waals surface area contributed by atoms with Crippen molar-refractivity contribution in [3.63, 3.8) is 0 Å². The molecule has 23 heavy (non-hydrogen) atoms. The Morgan fingerprint density at radius 3 is 2.52 bits per heavy atom. The summed E-state index contributed by atoms with van der Waals surface area (Å²) in [6.07, 6.45) is 11.1. The maximum Gasteiger partial charge on any atom is 0.0658 e. The molecule has 0 amide bonds. The van der Waals surface area contributed by atoms with Gasteiger partial charge in [0.15, 0.2) is 0 Å². The second-order valence-electron chi connectivity index (χ2n) is 7.81. The van der Waals surface area contributed by atoms with Crippen molar-refractivity contribution >= 4 is 0 Å². The minimum atomic E-state index is 0.680. The van der Waals surface area contributed by atoms with Gasteiger partial charge in [-0.15, -0.1) is 0 Å². The quantitative estimate of drug-likeness (QED) is 0.874. The highest BCUT2D eigenvalue weighted by molar-refractivity contribution is 5.15. The molecule has 0 aliphatic heterocycles. The Labute approximate surface area is 141 Å². The summed E-state index contributed by atoms with van der Waals surface area (Å²) in [7, 11) is 6.42. The lowest BCUT2D eigenvalue weighted by Gasteiger charge is -2.33. The summed E-state index contributed by atoms with van der Waals surface area (Å²) < 4.78 is 2.05. The van der Waals surface area contributed by atoms with Crippen molar-refractivity contribution in [3.05, 3.63) is 17.5 Å². The van der Waals surface area contributed by atoms with Crippen LogP contribution in [-0.2, 0) is 13.6 Å². The number of nitrogens with zero attached hydrogens (tertiary/aromatic N) is 3. The zero-order valence-corrected chi connectivity index (χ0v) is 15.2. The monoisotopic (exact) mass is 318 g/mol. The van der Waals surface area contributed by atoms with Gasteiger partial charge in [-0.05, 0) is 64.6 Å². The molecular weight excluding hydrogens is 284 g/mol. The molecule has 1 aromatic heterocycles. The summed E-state index contributed by atoms with van der Waals surface area (Å²) in [6.45, 7) is 2.22. The number of aryl methyl sites for hydroxylation is 1. The van der Waals surface area contributed by atoms with Crippen LogP contribution in [-0.4, -0.2) is 41.4 Å². The van der Waals surface area contributed by atoms with Gasteiger partial charge in [0.2, 0.25) is 0 Å². The smallest absolute Gasteiger partial charge is 0.0658 e. The Morgan fingerprint density at radius 2 is 1.87 bits per heavy atom. The predicted molar refractivity (Wildman–Crippen MR) is 95.6 cm³/mol. The molecule has 1 N–H and O–H groups in total. The van der Waals surface area contributed by atoms with Crippen LogP contribution in [0.15, 0.2) is 6.07 Å². The Kier molecular flexibility index (Phi) is 5.76. The second kappa shape index (κ2) is 7.80. The summed E-state index contributed by atoms with van der Waals surface area (Å²) in [5.74, 6) is 1.58. The van der Waals surface area contributed by atoms with Gasteiger partial charge in [-0.1, -0.05) is 12.8 Å². The molecule has 0 bridgehead atoms. The van der Waals surface area contributed by atoms with Gasteiger partial charge in [0.05, 0.1) is 11.4 Å². The van der Waals surface area contributed by atoms with E-state index in [4.69, 9.17) is 5.10 Å². The van der Waals surface area contributed by atoms with Crippen LogP contribution >= 0.6 is 0 Å². The SMILES string of the molecule is CNCc1cc(C2CCC(CN(C)C3CCCC3)CC2)nn1C. The van der Waals surface area contributed by atoms with Crippen molar-refractivity contribution < 1.29 is 0 Å². The van der Waals surface area contributed by atoms with Crippen molar-refractivity contribution in [2.45, 2.75) is 69.9 Å². The van der Waals surface area contributed by atoms with Gasteiger partial charge >= 0.3 is 0 Å². The van der Waals surface area contributed by atoms with Gasteiger partial charge in [0, 0.05) is 32.1 Å². The van der Waals surface area contributed by atoms with Crippen LogP contribution in [0.3, 0.4) is 0 Å². The number of rotatable bonds is 6. The number of hydrogen-bond donors (Lipinski definition) is 1. The average molecular weight is 319 g/mol. The highest BCUT2D eigenvalue weighted by Gasteiger charge is 2.27. The van der Waals surface area contributed by atoms with Crippen molar-refractivity contribution in [1.29, 1.82) is 0 Å². The molecule has 1 aromatic rings. The first-order chi connectivity index (χ1) is 11.2. The van der Waals surface area contributed by atoms with Crippen LogP contribution < -0.4 is 5.32 Å². The minimum absolute atomic E-state index is 0.680. The summed E-state index contributed by atoms with van der Waals surface area (Å²) >= 11 is 0. The lowest BCUT2D eigenvalue weighted by molar-refractivity contribution is 0.177. The Balaban J connectivity index is 1.49. The highest BCUT2D eigenvalue weighted by atomic mass is 15.3. The Hall–Kier alpha value is -0.870. The van der Waals surface area contributed by atoms with E-state index in [2.05, 4.69) is 30.4 Å². The molecule has 0 atom stereocenters. The Morgan fingerprint density at radius 1 is 1.17 bits per heavy atom. The number of aromatic nitrogens is 2. The number of nitrogens with one attached hydrogen (secondary N) is 1. The summed E-state index contributed by atoms with van der Waals surface area (Å²) in [4.78, 5) is 2.66. The van der Waals surface area contributed by atoms with E-state index in [0.717, 1.165) is 18.5 Å². The van der Waals surface area contributed by atoms with E-state index in [1.54, 1.807) is 0 Å². The van der Waals surface area contributed by atoms with Crippen molar-refractivity contribution in [2.24, 2.45) is 13.0 Å². The zero-order valence-electron chi connectivity index (χ0n) is 15.2. The molecule has 2 saturated carbocycles. The van der Waals surface area contributed by atoms with E-state index in [1.165, 1.54) is 69.3 Å². The molecule has 2 aliphatic rings. The summed E-state index contributed by atoms with van der Waals surface area (Å²) in [6, 6.07) is 3.18. The molecule has 2 aliphatic carbocycles. The molecule has 4 heteroatoms. The predicted octanol–water partition coefficient (Wildman–Crippen LogP) is 3.29. The first-order valence-electron chi connectivity index (χ1n) is 9.55. The van der Waals surface area contributed by atoms with Gasteiger partial charge in [-0.25, -0.2) is 0 Å². The molecule has 0 saturated heterocycles. The van der Waals surface area contributed by atoms with Crippen LogP contribution in [0, 0.1) is 5.92 Å². The molecular formula is C19H34N4. The van der Waals surface area contributed by atoms with Gasteiger partial charge in [0.1, 0.15) is 0 Å². The van der Waals surface area contributed by atoms with Crippen LogP contribution in [0.4, 0.5) is 0 Å². The van der Waals surface area contributed by atoms with Crippen LogP contribution in [0.5, 0.6) is 0 Å². The highest BCUT2D eigenvalue weighted by Crippen LogP contribution is 2.36. The average Bonchev–Trinajstić information content (AvgIpc) is 3.19. The third-order valence-corrected chi connectivity index (χ3v) is 6.11. The standard InChI is InChI=1S/C19H34N4/c1-20-13-18-12-19(21-23(18)3)16-10-8-15(9-11-16)14-22(2)17-6-4-5-7-17/h12,15-17,20H,4-11,13-14H2,1-3H3. The number of hydrogen-bond acceptors (Lipinski definition) is 3. The molecule has 0 spiro atoms. The lowest BCUT2D eigenvalue weighted by Crippen LogP contribution is -2.35. The van der Waals surface area contributed by atoms with Crippen molar-refractivity contribution in [1.82, 2.24) is 20.0 Å². The largest absolute Gasteiger partial charge is 0.314 e. The van der Waals surface area contributed by atoms with E-state index in [1.807, 2.05) is 11.7 Å². The molecule has 0 unspecified atom stereocenters. The van der Waals surface area contributed by atoms with Gasteiger partial charge in [0.25, 0.3) is 0 Å². The zero-order chi connectivity index (χ0) is 16.2. The third kappa shape index (κ3) is 4.16. The molecule has 130 valence electrons. The maximum absolute atomic E-state index is 4.77. The molecule has 2 fully saturated rings. The van der Waals surface area contributed by atoms with E-state index >= 15 is 0 Å². The molecule has 0 aromatic carbocycles. The first-order valence-corrected chi connectivity index (χ1v) is 9.55. The topological polar surface area (TPSA) is 33.1 Å². The minimum Gasteiger partial charge on any atom is -0.314 e. The third-order valence-electron chi connectivity index (χ3n) is 6.11. The van der Waals surface area contributed by atoms with Crippen LogP contribution in [0.25, 0.3) is 0 Å². The molecule has 3 rings (SSSR count). The van der Waals surface area contributed by atoms with E-state index in [0.29, 0.717) is 5.92 Å². The Bertz CT molecular complexity index is 482. The molecule has 1 heterocycles.